The number of ether oxygens (including phenoxy) is 3. The minimum absolute atomic E-state index is 0.00768. The number of hydrogen-bond donors (Lipinski definition) is 3. The predicted molar refractivity (Wildman–Crippen MR) is 162 cm³/mol. The zero-order valence-electron chi connectivity index (χ0n) is 25.3. The van der Waals surface area contributed by atoms with Crippen LogP contribution in [0.25, 0.3) is 0 Å². The van der Waals surface area contributed by atoms with Crippen LogP contribution in [0.1, 0.15) is 70.0 Å². The van der Waals surface area contributed by atoms with Gasteiger partial charge in [-0.3, -0.25) is 0 Å². The Labute approximate surface area is 259 Å². The van der Waals surface area contributed by atoms with Crippen molar-refractivity contribution in [3.63, 3.8) is 0 Å². The van der Waals surface area contributed by atoms with E-state index in [4.69, 9.17) is 21.1 Å². The zero-order chi connectivity index (χ0) is 30.8. The molecule has 11 nitrogen and oxygen atoms in total. The highest BCUT2D eigenvalue weighted by Crippen LogP contribution is 2.34. The Morgan fingerprint density at radius 1 is 1.16 bits per heavy atom. The maximum absolute atomic E-state index is 13.7. The van der Waals surface area contributed by atoms with E-state index < -0.39 is 30.4 Å². The Kier molecular flexibility index (Phi) is 12.6. The van der Waals surface area contributed by atoms with E-state index in [0.717, 1.165) is 44.1 Å². The number of carbonyl (C=O) groups is 3. The zero-order valence-corrected chi connectivity index (χ0v) is 26.1. The average Bonchev–Trinajstić information content (AvgIpc) is 3.41. The van der Waals surface area contributed by atoms with E-state index in [1.54, 1.807) is 15.9 Å². The van der Waals surface area contributed by atoms with Crippen LogP contribution in [0.2, 0.25) is 5.02 Å². The summed E-state index contributed by atoms with van der Waals surface area (Å²) < 4.78 is 16.4. The molecule has 0 aromatic heterocycles. The minimum Gasteiger partial charge on any atom is -0.453 e. The number of nitrogens with zero attached hydrogens (tertiary/aromatic N) is 2. The van der Waals surface area contributed by atoms with Crippen LogP contribution in [0.4, 0.5) is 14.4 Å². The Hall–Kier alpha value is -2.76. The molecule has 0 radical (unpaired) electrons. The maximum Gasteiger partial charge on any atom is 0.410 e. The lowest BCUT2D eigenvalue weighted by atomic mass is 9.83. The Bertz CT molecular complexity index is 1070. The second-order valence-corrected chi connectivity index (χ2v) is 12.3. The van der Waals surface area contributed by atoms with Gasteiger partial charge in [0.15, 0.2) is 0 Å². The molecule has 240 valence electrons. The van der Waals surface area contributed by atoms with Crippen LogP contribution in [-0.4, -0.2) is 97.8 Å². The van der Waals surface area contributed by atoms with E-state index in [1.807, 2.05) is 25.1 Å². The van der Waals surface area contributed by atoms with Crippen molar-refractivity contribution in [2.75, 3.05) is 46.4 Å². The van der Waals surface area contributed by atoms with Gasteiger partial charge in [-0.05, 0) is 49.8 Å². The number of likely N-dealkylation sites (N-methyl/N-ethyl adjacent to an activating group) is 1. The number of carbonyl (C=O) groups excluding carboxylic acids is 3. The highest BCUT2D eigenvalue weighted by atomic mass is 35.5. The summed E-state index contributed by atoms with van der Waals surface area (Å²) in [6, 6.07) is 6.75. The maximum atomic E-state index is 13.7. The fraction of sp³-hybridized carbons (Fsp3) is 0.710. The largest absolute Gasteiger partial charge is 0.453 e. The van der Waals surface area contributed by atoms with Crippen LogP contribution < -0.4 is 10.6 Å². The molecule has 3 N–H and O–H groups in total. The first kappa shape index (κ1) is 33.1. The molecular formula is C31H47ClN4O7. The molecule has 1 aromatic carbocycles. The SMILES string of the molecule is CCN1CC(C(O)C(CC2CCCCC2)NC(=O)N2CCCC(C(OCCNC(=O)OC)c3cccc(Cl)c3)C2)OC1=O. The van der Waals surface area contributed by atoms with Crippen LogP contribution in [-0.2, 0) is 14.2 Å². The van der Waals surface area contributed by atoms with Gasteiger partial charge in [-0.2, -0.15) is 0 Å². The van der Waals surface area contributed by atoms with Crippen molar-refractivity contribution in [2.24, 2.45) is 11.8 Å². The molecule has 4 amide bonds. The van der Waals surface area contributed by atoms with Crippen molar-refractivity contribution < 1.29 is 33.7 Å². The summed E-state index contributed by atoms with van der Waals surface area (Å²) in [6.45, 7) is 4.28. The number of cyclic esters (lactones) is 1. The molecule has 2 aliphatic heterocycles. The third-order valence-electron chi connectivity index (χ3n) is 8.91. The summed E-state index contributed by atoms with van der Waals surface area (Å²) >= 11 is 6.32. The number of likely N-dealkylation sites (tertiary alicyclic amines) is 1. The van der Waals surface area contributed by atoms with Crippen molar-refractivity contribution in [2.45, 2.75) is 82.6 Å². The van der Waals surface area contributed by atoms with Crippen molar-refractivity contribution in [1.82, 2.24) is 20.4 Å². The van der Waals surface area contributed by atoms with Gasteiger partial charge in [0.2, 0.25) is 0 Å². The lowest BCUT2D eigenvalue weighted by Gasteiger charge is -2.39. The lowest BCUT2D eigenvalue weighted by Crippen LogP contribution is -2.55. The monoisotopic (exact) mass is 622 g/mol. The molecule has 2 heterocycles. The number of alkyl carbamates (subject to hydrolysis) is 1. The van der Waals surface area contributed by atoms with Crippen LogP contribution in [0.3, 0.4) is 0 Å². The Morgan fingerprint density at radius 3 is 2.65 bits per heavy atom. The van der Waals surface area contributed by atoms with Crippen molar-refractivity contribution in [3.05, 3.63) is 34.9 Å². The van der Waals surface area contributed by atoms with Crippen molar-refractivity contribution >= 4 is 29.8 Å². The molecule has 1 aromatic rings. The van der Waals surface area contributed by atoms with Gasteiger partial charge in [0.05, 0.1) is 32.4 Å². The van der Waals surface area contributed by atoms with Crippen LogP contribution >= 0.6 is 11.6 Å². The molecule has 3 fully saturated rings. The second-order valence-electron chi connectivity index (χ2n) is 11.9. The number of methoxy groups -OCH3 is 1. The van der Waals surface area contributed by atoms with Gasteiger partial charge in [-0.25, -0.2) is 14.4 Å². The summed E-state index contributed by atoms with van der Waals surface area (Å²) in [5, 5.41) is 17.8. The summed E-state index contributed by atoms with van der Waals surface area (Å²) in [7, 11) is 1.31. The Balaban J connectivity index is 1.44. The standard InChI is InChI=1S/C31H47ClN4O7/c1-3-35-20-26(43-31(35)40)27(37)25(17-21-9-5-4-6-10-21)34-29(38)36-15-8-12-23(19-36)28(22-11-7-13-24(32)18-22)42-16-14-33-30(39)41-2/h7,11,13,18,21,23,25-28,37H,3-6,8-10,12,14-17,19-20H2,1-2H3,(H,33,39)(H,34,38). The van der Waals surface area contributed by atoms with Crippen molar-refractivity contribution in [3.8, 4) is 0 Å². The third-order valence-corrected chi connectivity index (χ3v) is 9.15. The lowest BCUT2D eigenvalue weighted by molar-refractivity contribution is -0.0114. The van der Waals surface area contributed by atoms with E-state index in [9.17, 15) is 19.5 Å². The van der Waals surface area contributed by atoms with Crippen LogP contribution in [0.5, 0.6) is 0 Å². The normalized spacial score (nSPS) is 23.3. The molecule has 12 heteroatoms. The number of aliphatic hydroxyl groups is 1. The fourth-order valence-corrected chi connectivity index (χ4v) is 6.78. The van der Waals surface area contributed by atoms with E-state index in [-0.39, 0.29) is 31.2 Å². The molecule has 5 unspecified atom stereocenters. The summed E-state index contributed by atoms with van der Waals surface area (Å²) in [4.78, 5) is 40.8. The molecule has 5 atom stereocenters. The van der Waals surface area contributed by atoms with Crippen LogP contribution in [0, 0.1) is 11.8 Å². The van der Waals surface area contributed by atoms with Gasteiger partial charge in [-0.15, -0.1) is 0 Å². The minimum atomic E-state index is -1.00. The summed E-state index contributed by atoms with van der Waals surface area (Å²) in [6.07, 6.45) is 4.96. The molecule has 3 aliphatic rings. The van der Waals surface area contributed by atoms with E-state index in [0.29, 0.717) is 43.5 Å². The van der Waals surface area contributed by atoms with Gasteiger partial charge < -0.3 is 39.8 Å². The molecule has 1 aliphatic carbocycles. The summed E-state index contributed by atoms with van der Waals surface area (Å²) in [5.74, 6) is 0.396. The molecule has 43 heavy (non-hydrogen) atoms. The van der Waals surface area contributed by atoms with Crippen LogP contribution in [0.15, 0.2) is 24.3 Å². The molecule has 2 saturated heterocycles. The molecule has 0 bridgehead atoms. The topological polar surface area (TPSA) is 130 Å². The number of hydrogen-bond acceptors (Lipinski definition) is 7. The van der Waals surface area contributed by atoms with E-state index >= 15 is 0 Å². The molecule has 1 saturated carbocycles. The van der Waals surface area contributed by atoms with E-state index in [1.165, 1.54) is 13.5 Å². The van der Waals surface area contributed by atoms with Gasteiger partial charge in [0.1, 0.15) is 12.2 Å². The van der Waals surface area contributed by atoms with Gasteiger partial charge in [-0.1, -0.05) is 55.8 Å². The number of rotatable bonds is 12. The van der Waals surface area contributed by atoms with Gasteiger partial charge >= 0.3 is 18.2 Å². The highest BCUT2D eigenvalue weighted by Gasteiger charge is 2.41. The fourth-order valence-electron chi connectivity index (χ4n) is 6.58. The second kappa shape index (κ2) is 16.4. The number of urea groups is 1. The van der Waals surface area contributed by atoms with Gasteiger partial charge in [0, 0.05) is 37.1 Å². The Morgan fingerprint density at radius 2 is 1.95 bits per heavy atom. The molecule has 4 rings (SSSR count). The number of halogens is 1. The number of benzene rings is 1. The first-order valence-electron chi connectivity index (χ1n) is 15.7. The number of amides is 4. The number of piperidine rings is 1. The predicted octanol–water partition coefficient (Wildman–Crippen LogP) is 4.72. The quantitative estimate of drug-likeness (QED) is 0.288. The van der Waals surface area contributed by atoms with Crippen molar-refractivity contribution in [1.29, 1.82) is 0 Å². The number of aliphatic hydroxyl groups excluding tert-OH is 1. The third kappa shape index (κ3) is 9.36. The average molecular weight is 623 g/mol. The summed E-state index contributed by atoms with van der Waals surface area (Å²) in [5.41, 5.74) is 0.909. The molecular weight excluding hydrogens is 576 g/mol. The first-order chi connectivity index (χ1) is 20.8. The molecule has 0 spiro atoms. The smallest absolute Gasteiger partial charge is 0.410 e. The van der Waals surface area contributed by atoms with Gasteiger partial charge in [0.25, 0.3) is 0 Å². The highest BCUT2D eigenvalue weighted by molar-refractivity contribution is 6.30. The first-order valence-corrected chi connectivity index (χ1v) is 16.0. The van der Waals surface area contributed by atoms with E-state index in [2.05, 4.69) is 15.4 Å². The number of nitrogens with one attached hydrogen (secondary N) is 2.